The first-order valence-electron chi connectivity index (χ1n) is 6.08. The maximum absolute atomic E-state index is 12.5. The number of hydrogen-bond donors (Lipinski definition) is 0. The van der Waals surface area contributed by atoms with Crippen LogP contribution in [0.3, 0.4) is 0 Å². The molecule has 0 spiro atoms. The molecule has 0 radical (unpaired) electrons. The molecular formula is C11H13N3O6S. The highest BCUT2D eigenvalue weighted by molar-refractivity contribution is 7.89. The fourth-order valence-corrected chi connectivity index (χ4v) is 3.76. The molecule has 0 amide bonds. The van der Waals surface area contributed by atoms with Crippen molar-refractivity contribution < 1.29 is 22.9 Å². The molecule has 9 nitrogen and oxygen atoms in total. The van der Waals surface area contributed by atoms with Gasteiger partial charge >= 0.3 is 11.8 Å². The summed E-state index contributed by atoms with van der Waals surface area (Å²) >= 11 is 0. The number of ether oxygens (including phenoxy) is 1. The first-order chi connectivity index (χ1) is 9.87. The predicted molar refractivity (Wildman–Crippen MR) is 69.8 cm³/mol. The molecule has 1 aromatic heterocycles. The van der Waals surface area contributed by atoms with E-state index >= 15 is 0 Å². The highest BCUT2D eigenvalue weighted by Crippen LogP contribution is 2.26. The number of carbonyl (C=O) groups excluding carboxylic acids is 1. The third-order valence-electron chi connectivity index (χ3n) is 3.19. The number of nitrogens with zero attached hydrogens (tertiary/aromatic N) is 3. The lowest BCUT2D eigenvalue weighted by Crippen LogP contribution is -2.41. The number of pyridine rings is 1. The highest BCUT2D eigenvalue weighted by atomic mass is 32.2. The Hall–Kier alpha value is -2.07. The van der Waals surface area contributed by atoms with Gasteiger partial charge in [0.15, 0.2) is 6.20 Å². The van der Waals surface area contributed by atoms with Crippen molar-refractivity contribution >= 4 is 21.8 Å². The summed E-state index contributed by atoms with van der Waals surface area (Å²) < 4.78 is 30.5. The van der Waals surface area contributed by atoms with Gasteiger partial charge in [0, 0.05) is 12.6 Å². The molecule has 0 N–H and O–H groups in total. The number of sulfonamides is 1. The second kappa shape index (κ2) is 5.74. The van der Waals surface area contributed by atoms with Crippen LogP contribution in [0.4, 0.5) is 5.82 Å². The largest absolute Gasteiger partial charge is 0.468 e. The van der Waals surface area contributed by atoms with Crippen molar-refractivity contribution in [3.05, 3.63) is 28.4 Å². The summed E-state index contributed by atoms with van der Waals surface area (Å²) in [6.45, 7) is 0.194. The van der Waals surface area contributed by atoms with Crippen molar-refractivity contribution in [2.75, 3.05) is 13.7 Å². The lowest BCUT2D eigenvalue weighted by molar-refractivity contribution is -0.389. The molecule has 1 unspecified atom stereocenters. The van der Waals surface area contributed by atoms with Gasteiger partial charge in [0.2, 0.25) is 10.0 Å². The first-order valence-corrected chi connectivity index (χ1v) is 7.52. The van der Waals surface area contributed by atoms with Crippen LogP contribution in [0.25, 0.3) is 0 Å². The molecule has 1 atom stereocenters. The van der Waals surface area contributed by atoms with Gasteiger partial charge in [-0.2, -0.15) is 4.31 Å². The average molecular weight is 315 g/mol. The zero-order chi connectivity index (χ0) is 15.6. The topological polar surface area (TPSA) is 120 Å². The normalized spacial score (nSPS) is 19.4. The third-order valence-corrected chi connectivity index (χ3v) is 5.08. The van der Waals surface area contributed by atoms with Gasteiger partial charge in [-0.1, -0.05) is 0 Å². The number of rotatable bonds is 4. The van der Waals surface area contributed by atoms with E-state index < -0.39 is 32.8 Å². The summed E-state index contributed by atoms with van der Waals surface area (Å²) in [5, 5.41) is 10.5. The summed E-state index contributed by atoms with van der Waals surface area (Å²) in [6, 6.07) is 1.25. The minimum atomic E-state index is -3.94. The number of nitro groups is 1. The minimum Gasteiger partial charge on any atom is -0.468 e. The van der Waals surface area contributed by atoms with Crippen LogP contribution in [0.15, 0.2) is 23.2 Å². The number of hydrogen-bond acceptors (Lipinski definition) is 7. The van der Waals surface area contributed by atoms with Crippen LogP contribution in [0, 0.1) is 10.1 Å². The Morgan fingerprint density at radius 3 is 2.76 bits per heavy atom. The SMILES string of the molecule is COC(=O)C1CCCN1S(=O)(=O)c1ccc([N+](=O)[O-])nc1. The Balaban J connectivity index is 2.32. The standard InChI is InChI=1S/C11H13N3O6S/c1-20-11(15)9-3-2-6-13(9)21(18,19)8-4-5-10(12-7-8)14(16)17/h4-5,7,9H,2-3,6H2,1H3. The molecule has 2 heterocycles. The van der Waals surface area contributed by atoms with E-state index in [9.17, 15) is 23.3 Å². The van der Waals surface area contributed by atoms with Gasteiger partial charge in [-0.05, 0) is 28.8 Å². The van der Waals surface area contributed by atoms with Crippen LogP contribution in [-0.4, -0.2) is 48.3 Å². The Morgan fingerprint density at radius 2 is 2.24 bits per heavy atom. The molecule has 1 aliphatic heterocycles. The fraction of sp³-hybridized carbons (Fsp3) is 0.455. The fourth-order valence-electron chi connectivity index (χ4n) is 2.17. The molecule has 1 aromatic rings. The van der Waals surface area contributed by atoms with Crippen molar-refractivity contribution in [3.8, 4) is 0 Å². The molecule has 114 valence electrons. The lowest BCUT2D eigenvalue weighted by atomic mass is 10.2. The smallest absolute Gasteiger partial charge is 0.363 e. The average Bonchev–Trinajstić information content (AvgIpc) is 2.96. The second-order valence-corrected chi connectivity index (χ2v) is 6.30. The van der Waals surface area contributed by atoms with Crippen LogP contribution in [0.1, 0.15) is 12.8 Å². The lowest BCUT2D eigenvalue weighted by Gasteiger charge is -2.21. The van der Waals surface area contributed by atoms with Gasteiger partial charge in [-0.25, -0.2) is 8.42 Å². The maximum atomic E-state index is 12.5. The van der Waals surface area contributed by atoms with Crippen LogP contribution in [0.5, 0.6) is 0 Å². The van der Waals surface area contributed by atoms with E-state index in [0.29, 0.717) is 12.8 Å². The second-order valence-electron chi connectivity index (χ2n) is 4.41. The van der Waals surface area contributed by atoms with Crippen LogP contribution in [-0.2, 0) is 19.6 Å². The summed E-state index contributed by atoms with van der Waals surface area (Å²) in [5.74, 6) is -1.06. The number of aromatic nitrogens is 1. The van der Waals surface area contributed by atoms with Gasteiger partial charge in [0.25, 0.3) is 0 Å². The van der Waals surface area contributed by atoms with E-state index in [2.05, 4.69) is 9.72 Å². The molecule has 0 saturated carbocycles. The van der Waals surface area contributed by atoms with Gasteiger partial charge in [-0.15, -0.1) is 0 Å². The van der Waals surface area contributed by atoms with Crippen molar-refractivity contribution in [1.82, 2.24) is 9.29 Å². The maximum Gasteiger partial charge on any atom is 0.363 e. The van der Waals surface area contributed by atoms with E-state index in [0.717, 1.165) is 22.6 Å². The van der Waals surface area contributed by atoms with Crippen LogP contribution >= 0.6 is 0 Å². The van der Waals surface area contributed by atoms with E-state index in [1.807, 2.05) is 0 Å². The zero-order valence-corrected chi connectivity index (χ0v) is 11.9. The van der Waals surface area contributed by atoms with E-state index in [1.165, 1.54) is 7.11 Å². The van der Waals surface area contributed by atoms with Gasteiger partial charge in [0.1, 0.15) is 10.9 Å². The first kappa shape index (κ1) is 15.3. The van der Waals surface area contributed by atoms with Crippen LogP contribution in [0.2, 0.25) is 0 Å². The summed E-state index contributed by atoms with van der Waals surface area (Å²) in [4.78, 5) is 24.7. The molecule has 1 saturated heterocycles. The summed E-state index contributed by atoms with van der Waals surface area (Å²) in [5.41, 5.74) is 0. The van der Waals surface area contributed by atoms with E-state index in [-0.39, 0.29) is 11.4 Å². The molecular weight excluding hydrogens is 302 g/mol. The van der Waals surface area contributed by atoms with Crippen molar-refractivity contribution in [1.29, 1.82) is 0 Å². The van der Waals surface area contributed by atoms with Crippen molar-refractivity contribution in [2.24, 2.45) is 0 Å². The Labute approximate surface area is 120 Å². The van der Waals surface area contributed by atoms with E-state index in [1.54, 1.807) is 0 Å². The molecule has 0 aromatic carbocycles. The van der Waals surface area contributed by atoms with Gasteiger partial charge in [0.05, 0.1) is 7.11 Å². The molecule has 1 fully saturated rings. The monoisotopic (exact) mass is 315 g/mol. The van der Waals surface area contributed by atoms with E-state index in [4.69, 9.17) is 0 Å². The quantitative estimate of drug-likeness (QED) is 0.445. The van der Waals surface area contributed by atoms with Gasteiger partial charge in [-0.3, -0.25) is 4.79 Å². The molecule has 2 rings (SSSR count). The number of methoxy groups -OCH3 is 1. The molecule has 21 heavy (non-hydrogen) atoms. The number of carbonyl (C=O) groups is 1. The van der Waals surface area contributed by atoms with Crippen LogP contribution < -0.4 is 0 Å². The Morgan fingerprint density at radius 1 is 1.52 bits per heavy atom. The highest BCUT2D eigenvalue weighted by Gasteiger charge is 2.40. The molecule has 10 heteroatoms. The zero-order valence-electron chi connectivity index (χ0n) is 11.1. The van der Waals surface area contributed by atoms with Crippen molar-refractivity contribution in [3.63, 3.8) is 0 Å². The summed E-state index contributed by atoms with van der Waals surface area (Å²) in [7, 11) is -2.74. The Bertz CT molecular complexity index is 657. The van der Waals surface area contributed by atoms with Crippen molar-refractivity contribution in [2.45, 2.75) is 23.8 Å². The molecule has 1 aliphatic rings. The number of esters is 1. The minimum absolute atomic E-state index is 0.191. The summed E-state index contributed by atoms with van der Waals surface area (Å²) in [6.07, 6.45) is 1.84. The predicted octanol–water partition coefficient (Wildman–Crippen LogP) is 0.316. The Kier molecular flexibility index (Phi) is 4.19. The third kappa shape index (κ3) is 2.85. The molecule has 0 bridgehead atoms. The molecule has 0 aliphatic carbocycles. The van der Waals surface area contributed by atoms with Gasteiger partial charge < -0.3 is 14.9 Å².